The lowest BCUT2D eigenvalue weighted by atomic mass is 10.1. The molecule has 0 aliphatic carbocycles. The van der Waals surface area contributed by atoms with Crippen molar-refractivity contribution < 1.29 is 4.74 Å². The van der Waals surface area contributed by atoms with Crippen LogP contribution in [0.25, 0.3) is 11.1 Å². The van der Waals surface area contributed by atoms with Gasteiger partial charge in [-0.1, -0.05) is 66.4 Å². The predicted molar refractivity (Wildman–Crippen MR) is 112 cm³/mol. The highest BCUT2D eigenvalue weighted by Gasteiger charge is 2.02. The number of amidine groups is 1. The maximum atomic E-state index is 8.71. The Labute approximate surface area is 163 Å². The van der Waals surface area contributed by atoms with Crippen LogP contribution in [-0.4, -0.2) is 11.4 Å². The minimum Gasteiger partial charge on any atom is -0.489 e. The van der Waals surface area contributed by atoms with E-state index in [-0.39, 0.29) is 0 Å². The smallest absolute Gasteiger partial charge is 0.183 e. The highest BCUT2D eigenvalue weighted by atomic mass is 32.2. The molecule has 0 fully saturated rings. The number of hydrogen-bond donors (Lipinski definition) is 1. The van der Waals surface area contributed by atoms with Crippen LogP contribution < -0.4 is 10.1 Å². The van der Waals surface area contributed by atoms with Gasteiger partial charge in [0.05, 0.1) is 5.69 Å². The van der Waals surface area contributed by atoms with Crippen LogP contribution >= 0.6 is 11.8 Å². The summed E-state index contributed by atoms with van der Waals surface area (Å²) in [4.78, 5) is 4.40. The van der Waals surface area contributed by atoms with Gasteiger partial charge in [-0.2, -0.15) is 5.26 Å². The van der Waals surface area contributed by atoms with E-state index in [2.05, 4.69) is 16.4 Å². The second kappa shape index (κ2) is 9.46. The summed E-state index contributed by atoms with van der Waals surface area (Å²) in [6, 6.07) is 26.0. The van der Waals surface area contributed by atoms with Crippen LogP contribution in [0, 0.1) is 11.5 Å². The topological polar surface area (TPSA) is 57.4 Å². The number of hydrogen-bond acceptors (Lipinski definition) is 4. The standard InChI is InChI=1S/C22H19N3OS/c1-27-22(24-16-23)25-20-12-10-18(11-13-20)19-8-5-9-21(14-19)26-15-17-6-3-2-4-7-17/h2-14H,15H2,1H3,(H,24,25). The summed E-state index contributed by atoms with van der Waals surface area (Å²) in [6.07, 6.45) is 3.76. The fourth-order valence-electron chi connectivity index (χ4n) is 2.52. The molecule has 0 aliphatic heterocycles. The van der Waals surface area contributed by atoms with Gasteiger partial charge in [-0.15, -0.1) is 0 Å². The molecule has 0 aliphatic rings. The second-order valence-corrected chi connectivity index (χ2v) is 6.50. The Bertz CT molecular complexity index is 947. The van der Waals surface area contributed by atoms with Crippen LogP contribution in [0.2, 0.25) is 0 Å². The van der Waals surface area contributed by atoms with Crippen molar-refractivity contribution in [3.05, 3.63) is 84.4 Å². The van der Waals surface area contributed by atoms with Crippen molar-refractivity contribution in [1.82, 2.24) is 5.32 Å². The van der Waals surface area contributed by atoms with Crippen molar-refractivity contribution in [3.8, 4) is 23.1 Å². The molecule has 5 heteroatoms. The SMILES string of the molecule is CSC(=Nc1ccc(-c2cccc(OCc3ccccc3)c2)cc1)NC#N. The number of thioether (sulfide) groups is 1. The van der Waals surface area contributed by atoms with E-state index in [9.17, 15) is 0 Å². The lowest BCUT2D eigenvalue weighted by Gasteiger charge is -2.09. The summed E-state index contributed by atoms with van der Waals surface area (Å²) in [7, 11) is 0. The van der Waals surface area contributed by atoms with Crippen molar-refractivity contribution in [3.63, 3.8) is 0 Å². The molecule has 0 atom stereocenters. The summed E-state index contributed by atoms with van der Waals surface area (Å²) in [5.74, 6) is 0.835. The van der Waals surface area contributed by atoms with E-state index >= 15 is 0 Å². The number of aliphatic imine (C=N–C) groups is 1. The molecule has 0 spiro atoms. The maximum absolute atomic E-state index is 8.71. The number of benzene rings is 3. The molecule has 0 heterocycles. The van der Waals surface area contributed by atoms with Gasteiger partial charge in [-0.25, -0.2) is 4.99 Å². The van der Waals surface area contributed by atoms with Gasteiger partial charge in [0, 0.05) is 0 Å². The molecule has 0 unspecified atom stereocenters. The molecule has 0 saturated heterocycles. The molecule has 3 rings (SSSR count). The number of nitrogens with one attached hydrogen (secondary N) is 1. The van der Waals surface area contributed by atoms with E-state index in [1.165, 1.54) is 11.8 Å². The quantitative estimate of drug-likeness (QED) is 0.283. The normalized spacial score (nSPS) is 10.9. The molecule has 0 aromatic heterocycles. The first-order valence-corrected chi connectivity index (χ1v) is 9.66. The van der Waals surface area contributed by atoms with Gasteiger partial charge in [0.15, 0.2) is 11.4 Å². The van der Waals surface area contributed by atoms with Crippen molar-refractivity contribution >= 4 is 22.6 Å². The maximum Gasteiger partial charge on any atom is 0.183 e. The molecule has 4 nitrogen and oxygen atoms in total. The molecule has 3 aromatic carbocycles. The molecule has 134 valence electrons. The fraction of sp³-hybridized carbons (Fsp3) is 0.0909. The Balaban J connectivity index is 1.72. The minimum absolute atomic E-state index is 0.543. The third-order valence-corrected chi connectivity index (χ3v) is 4.45. The number of nitriles is 1. The van der Waals surface area contributed by atoms with E-state index in [1.54, 1.807) is 0 Å². The zero-order valence-corrected chi connectivity index (χ0v) is 15.7. The van der Waals surface area contributed by atoms with Crippen molar-refractivity contribution in [2.75, 3.05) is 6.26 Å². The van der Waals surface area contributed by atoms with Crippen molar-refractivity contribution in [2.24, 2.45) is 4.99 Å². The van der Waals surface area contributed by atoms with Gasteiger partial charge in [0.25, 0.3) is 0 Å². The van der Waals surface area contributed by atoms with Crippen molar-refractivity contribution in [2.45, 2.75) is 6.61 Å². The van der Waals surface area contributed by atoms with Crippen LogP contribution in [-0.2, 0) is 6.61 Å². The fourth-order valence-corrected chi connectivity index (χ4v) is 2.87. The zero-order chi connectivity index (χ0) is 18.9. The van der Waals surface area contributed by atoms with Crippen LogP contribution in [0.15, 0.2) is 83.9 Å². The summed E-state index contributed by atoms with van der Waals surface area (Å²) >= 11 is 1.40. The number of rotatable bonds is 5. The average Bonchev–Trinajstić information content (AvgIpc) is 2.73. The Kier molecular flexibility index (Phi) is 6.50. The van der Waals surface area contributed by atoms with Gasteiger partial charge in [-0.05, 0) is 47.2 Å². The molecular formula is C22H19N3OS. The van der Waals surface area contributed by atoms with E-state index in [0.717, 1.165) is 28.1 Å². The Hall–Kier alpha value is -3.23. The Morgan fingerprint density at radius 3 is 2.48 bits per heavy atom. The third kappa shape index (κ3) is 5.37. The van der Waals surface area contributed by atoms with E-state index in [4.69, 9.17) is 10.00 Å². The second-order valence-electron chi connectivity index (χ2n) is 5.71. The Morgan fingerprint density at radius 2 is 1.78 bits per heavy atom. The number of nitrogens with zero attached hydrogens (tertiary/aromatic N) is 2. The summed E-state index contributed by atoms with van der Waals surface area (Å²) in [5, 5.41) is 11.8. The first-order chi connectivity index (χ1) is 13.3. The van der Waals surface area contributed by atoms with Crippen LogP contribution in [0.5, 0.6) is 5.75 Å². The van der Waals surface area contributed by atoms with E-state index in [0.29, 0.717) is 11.8 Å². The molecule has 0 amide bonds. The third-order valence-electron chi connectivity index (χ3n) is 3.87. The van der Waals surface area contributed by atoms with Gasteiger partial charge in [-0.3, -0.25) is 5.32 Å². The monoisotopic (exact) mass is 373 g/mol. The highest BCUT2D eigenvalue weighted by molar-refractivity contribution is 8.13. The summed E-state index contributed by atoms with van der Waals surface area (Å²) in [5.41, 5.74) is 4.09. The first kappa shape index (κ1) is 18.6. The first-order valence-electron chi connectivity index (χ1n) is 8.43. The summed E-state index contributed by atoms with van der Waals surface area (Å²) < 4.78 is 5.91. The molecule has 3 aromatic rings. The lowest BCUT2D eigenvalue weighted by Crippen LogP contribution is -2.12. The van der Waals surface area contributed by atoms with Gasteiger partial charge >= 0.3 is 0 Å². The van der Waals surface area contributed by atoms with Crippen LogP contribution in [0.4, 0.5) is 5.69 Å². The largest absolute Gasteiger partial charge is 0.489 e. The number of ether oxygens (including phenoxy) is 1. The highest BCUT2D eigenvalue weighted by Crippen LogP contribution is 2.26. The molecule has 0 bridgehead atoms. The molecule has 1 N–H and O–H groups in total. The average molecular weight is 373 g/mol. The van der Waals surface area contributed by atoms with E-state index < -0.39 is 0 Å². The lowest BCUT2D eigenvalue weighted by molar-refractivity contribution is 0.306. The van der Waals surface area contributed by atoms with Gasteiger partial charge in [0.1, 0.15) is 12.4 Å². The molecule has 27 heavy (non-hydrogen) atoms. The molecule has 0 saturated carbocycles. The Morgan fingerprint density at radius 1 is 1.00 bits per heavy atom. The summed E-state index contributed by atoms with van der Waals surface area (Å²) in [6.45, 7) is 0.543. The minimum atomic E-state index is 0.543. The van der Waals surface area contributed by atoms with Gasteiger partial charge in [0.2, 0.25) is 0 Å². The van der Waals surface area contributed by atoms with E-state index in [1.807, 2.05) is 85.2 Å². The predicted octanol–water partition coefficient (Wildman–Crippen LogP) is 5.35. The van der Waals surface area contributed by atoms with Gasteiger partial charge < -0.3 is 4.74 Å². The molecule has 0 radical (unpaired) electrons. The van der Waals surface area contributed by atoms with Crippen molar-refractivity contribution in [1.29, 1.82) is 5.26 Å². The van der Waals surface area contributed by atoms with Crippen LogP contribution in [0.3, 0.4) is 0 Å². The zero-order valence-electron chi connectivity index (χ0n) is 14.9. The molecular weight excluding hydrogens is 354 g/mol. The van der Waals surface area contributed by atoms with Crippen LogP contribution in [0.1, 0.15) is 5.56 Å².